The number of hydrogen-bond donors (Lipinski definition) is 0. The van der Waals surface area contributed by atoms with Gasteiger partial charge in [-0.25, -0.2) is 4.98 Å². The monoisotopic (exact) mass is 326 g/mol. The van der Waals surface area contributed by atoms with Gasteiger partial charge in [-0.1, -0.05) is 30.9 Å². The van der Waals surface area contributed by atoms with Crippen molar-refractivity contribution in [3.8, 4) is 0 Å². The maximum Gasteiger partial charge on any atom is 0.254 e. The lowest BCUT2D eigenvalue weighted by Gasteiger charge is -2.40. The number of rotatable bonds is 4. The molecule has 2 aromatic rings. The van der Waals surface area contributed by atoms with Gasteiger partial charge >= 0.3 is 0 Å². The lowest BCUT2D eigenvalue weighted by molar-refractivity contribution is -0.119. The topological polar surface area (TPSA) is 49.3 Å². The van der Waals surface area contributed by atoms with Gasteiger partial charge in [-0.3, -0.25) is 9.69 Å². The maximum atomic E-state index is 12.9. The van der Waals surface area contributed by atoms with Gasteiger partial charge < -0.3 is 4.90 Å². The van der Waals surface area contributed by atoms with Crippen molar-refractivity contribution in [2.45, 2.75) is 12.5 Å². The summed E-state index contributed by atoms with van der Waals surface area (Å²) in [6.45, 7) is 7.48. The number of halogens is 1. The van der Waals surface area contributed by atoms with E-state index in [1.807, 2.05) is 35.2 Å². The third-order valence-corrected chi connectivity index (χ3v) is 3.83. The first-order valence-electron chi connectivity index (χ1n) is 7.10. The van der Waals surface area contributed by atoms with Gasteiger partial charge in [-0.2, -0.15) is 4.98 Å². The Balaban J connectivity index is 2.24. The first kappa shape index (κ1) is 15.2. The van der Waals surface area contributed by atoms with E-state index in [9.17, 15) is 4.79 Å². The van der Waals surface area contributed by atoms with Crippen LogP contribution in [0.2, 0.25) is 5.28 Å². The standard InChI is InChI=1S/C17H15ClN4O/c1-3-8-13-16(23)21(4-2)14-11-19-17(18)20-15(14)22(13)12-9-6-5-7-10-12/h3-7,9-11,13H,1-2,8H2. The number of nitrogens with zero attached hydrogens (tertiary/aromatic N) is 4. The van der Waals surface area contributed by atoms with Crippen molar-refractivity contribution in [1.29, 1.82) is 0 Å². The fourth-order valence-corrected chi connectivity index (χ4v) is 2.80. The molecule has 1 amide bonds. The van der Waals surface area contributed by atoms with Gasteiger partial charge in [0.25, 0.3) is 5.91 Å². The van der Waals surface area contributed by atoms with Crippen LogP contribution in [-0.4, -0.2) is 21.9 Å². The highest BCUT2D eigenvalue weighted by atomic mass is 35.5. The van der Waals surface area contributed by atoms with Crippen LogP contribution in [0.5, 0.6) is 0 Å². The molecule has 1 unspecified atom stereocenters. The van der Waals surface area contributed by atoms with E-state index in [1.54, 1.807) is 6.08 Å². The summed E-state index contributed by atoms with van der Waals surface area (Å²) in [5, 5.41) is 0.125. The van der Waals surface area contributed by atoms with Crippen molar-refractivity contribution in [2.75, 3.05) is 9.80 Å². The van der Waals surface area contributed by atoms with Gasteiger partial charge in [0.2, 0.25) is 5.28 Å². The number of fused-ring (bicyclic) bond motifs is 1. The van der Waals surface area contributed by atoms with Crippen LogP contribution in [0.3, 0.4) is 0 Å². The molecule has 0 saturated heterocycles. The summed E-state index contributed by atoms with van der Waals surface area (Å²) < 4.78 is 0. The second-order valence-corrected chi connectivity index (χ2v) is 5.32. The minimum absolute atomic E-state index is 0.109. The molecule has 0 radical (unpaired) electrons. The Hall–Kier alpha value is -2.66. The highest BCUT2D eigenvalue weighted by molar-refractivity contribution is 6.28. The quantitative estimate of drug-likeness (QED) is 0.635. The number of para-hydroxylation sites is 1. The molecule has 6 heteroatoms. The van der Waals surface area contributed by atoms with Gasteiger partial charge in [-0.05, 0) is 30.2 Å². The molecule has 1 aliphatic rings. The summed E-state index contributed by atoms with van der Waals surface area (Å²) in [6, 6.07) is 9.12. The third-order valence-electron chi connectivity index (χ3n) is 3.65. The Morgan fingerprint density at radius 2 is 2.00 bits per heavy atom. The van der Waals surface area contributed by atoms with Crippen LogP contribution in [0.1, 0.15) is 6.42 Å². The fourth-order valence-electron chi connectivity index (χ4n) is 2.67. The molecule has 0 saturated carbocycles. The number of amides is 1. The Morgan fingerprint density at radius 1 is 1.26 bits per heavy atom. The molecule has 3 rings (SSSR count). The largest absolute Gasteiger partial charge is 0.312 e. The lowest BCUT2D eigenvalue weighted by Crippen LogP contribution is -2.50. The molecule has 1 aromatic carbocycles. The number of aromatic nitrogens is 2. The molecule has 1 aliphatic heterocycles. The van der Waals surface area contributed by atoms with Gasteiger partial charge in [0.1, 0.15) is 11.7 Å². The summed E-state index contributed by atoms with van der Waals surface area (Å²) in [6.07, 6.45) is 5.19. The zero-order valence-corrected chi connectivity index (χ0v) is 13.1. The Morgan fingerprint density at radius 3 is 2.65 bits per heavy atom. The summed E-state index contributed by atoms with van der Waals surface area (Å²) in [5.74, 6) is 0.463. The van der Waals surface area contributed by atoms with Crippen LogP contribution >= 0.6 is 11.6 Å². The zero-order chi connectivity index (χ0) is 16.4. The normalized spacial score (nSPS) is 16.9. The minimum atomic E-state index is -0.466. The average molecular weight is 327 g/mol. The van der Waals surface area contributed by atoms with Gasteiger partial charge in [0.15, 0.2) is 5.82 Å². The van der Waals surface area contributed by atoms with E-state index >= 15 is 0 Å². The third kappa shape index (κ3) is 2.59. The number of anilines is 3. The van der Waals surface area contributed by atoms with Crippen molar-refractivity contribution in [1.82, 2.24) is 9.97 Å². The molecule has 2 heterocycles. The van der Waals surface area contributed by atoms with Crippen molar-refractivity contribution >= 4 is 34.7 Å². The van der Waals surface area contributed by atoms with Gasteiger partial charge in [0, 0.05) is 11.9 Å². The van der Waals surface area contributed by atoms with Crippen molar-refractivity contribution < 1.29 is 4.79 Å². The van der Waals surface area contributed by atoms with E-state index in [4.69, 9.17) is 11.6 Å². The fraction of sp³-hybridized carbons (Fsp3) is 0.118. The highest BCUT2D eigenvalue weighted by Gasteiger charge is 2.38. The SMILES string of the molecule is C=CCC1C(=O)N(C=C)c2cnc(Cl)nc2N1c1ccccc1. The van der Waals surface area contributed by atoms with E-state index < -0.39 is 6.04 Å². The molecule has 0 spiro atoms. The van der Waals surface area contributed by atoms with Crippen LogP contribution in [0.15, 0.2) is 62.0 Å². The Labute approximate surface area is 139 Å². The molecule has 23 heavy (non-hydrogen) atoms. The van der Waals surface area contributed by atoms with Gasteiger partial charge in [0.05, 0.1) is 6.20 Å². The molecule has 5 nitrogen and oxygen atoms in total. The maximum absolute atomic E-state index is 12.9. The second-order valence-electron chi connectivity index (χ2n) is 4.98. The van der Waals surface area contributed by atoms with E-state index in [2.05, 4.69) is 23.1 Å². The number of carbonyl (C=O) groups is 1. The highest BCUT2D eigenvalue weighted by Crippen LogP contribution is 2.40. The number of benzene rings is 1. The van der Waals surface area contributed by atoms with E-state index in [0.717, 1.165) is 5.69 Å². The molecule has 0 fully saturated rings. The summed E-state index contributed by atoms with van der Waals surface area (Å²) in [4.78, 5) is 24.5. The van der Waals surface area contributed by atoms with Crippen LogP contribution in [0.4, 0.5) is 17.2 Å². The van der Waals surface area contributed by atoms with E-state index in [0.29, 0.717) is 17.9 Å². The van der Waals surface area contributed by atoms with Crippen molar-refractivity contribution in [3.05, 3.63) is 67.2 Å². The summed E-state index contributed by atoms with van der Waals surface area (Å²) >= 11 is 5.98. The summed E-state index contributed by atoms with van der Waals surface area (Å²) in [5.41, 5.74) is 1.41. The summed E-state index contributed by atoms with van der Waals surface area (Å²) in [7, 11) is 0. The number of hydrogen-bond acceptors (Lipinski definition) is 4. The first-order chi connectivity index (χ1) is 11.2. The van der Waals surface area contributed by atoms with Crippen molar-refractivity contribution in [2.24, 2.45) is 0 Å². The van der Waals surface area contributed by atoms with E-state index in [-0.39, 0.29) is 11.2 Å². The molecule has 0 bridgehead atoms. The predicted octanol–water partition coefficient (Wildman–Crippen LogP) is 3.70. The molecule has 0 N–H and O–H groups in total. The van der Waals surface area contributed by atoms with Crippen LogP contribution in [0, 0.1) is 0 Å². The van der Waals surface area contributed by atoms with E-state index in [1.165, 1.54) is 17.3 Å². The molecular weight excluding hydrogens is 312 g/mol. The molecule has 1 atom stereocenters. The van der Waals surface area contributed by atoms with Crippen LogP contribution in [-0.2, 0) is 4.79 Å². The molecule has 1 aromatic heterocycles. The minimum Gasteiger partial charge on any atom is -0.312 e. The Bertz CT molecular complexity index is 762. The average Bonchev–Trinajstić information content (AvgIpc) is 2.57. The Kier molecular flexibility index (Phi) is 4.12. The van der Waals surface area contributed by atoms with Crippen molar-refractivity contribution in [3.63, 3.8) is 0 Å². The smallest absolute Gasteiger partial charge is 0.254 e. The molecule has 0 aliphatic carbocycles. The lowest BCUT2D eigenvalue weighted by atomic mass is 10.1. The zero-order valence-electron chi connectivity index (χ0n) is 12.4. The second kappa shape index (κ2) is 6.22. The number of carbonyl (C=O) groups excluding carboxylic acids is 1. The molecule has 116 valence electrons. The predicted molar refractivity (Wildman–Crippen MR) is 91.9 cm³/mol. The van der Waals surface area contributed by atoms with Crippen LogP contribution in [0.25, 0.3) is 0 Å². The van der Waals surface area contributed by atoms with Gasteiger partial charge in [-0.15, -0.1) is 6.58 Å². The van der Waals surface area contributed by atoms with Crippen LogP contribution < -0.4 is 9.80 Å². The first-order valence-corrected chi connectivity index (χ1v) is 7.48. The molecular formula is C17H15ClN4O.